The summed E-state index contributed by atoms with van der Waals surface area (Å²) in [6, 6.07) is 0. The van der Waals surface area contributed by atoms with Gasteiger partial charge in [-0.25, -0.2) is 0 Å². The number of piperidine rings is 2. The molecule has 0 amide bonds. The second kappa shape index (κ2) is 10.3. The average molecular weight is 380 g/mol. The van der Waals surface area contributed by atoms with Gasteiger partial charge in [0.1, 0.15) is 8.64 Å². The van der Waals surface area contributed by atoms with Crippen LogP contribution in [0.15, 0.2) is 0 Å². The van der Waals surface area contributed by atoms with E-state index in [1.807, 2.05) is 0 Å². The molecular formula is C15H29N3S4. The van der Waals surface area contributed by atoms with E-state index in [1.54, 1.807) is 0 Å². The molecule has 0 aromatic rings. The van der Waals surface area contributed by atoms with Gasteiger partial charge in [0.2, 0.25) is 0 Å². The van der Waals surface area contributed by atoms with Crippen LogP contribution in [0.4, 0.5) is 0 Å². The van der Waals surface area contributed by atoms with Crippen molar-refractivity contribution < 1.29 is 0 Å². The predicted molar refractivity (Wildman–Crippen MR) is 111 cm³/mol. The third kappa shape index (κ3) is 6.51. The van der Waals surface area contributed by atoms with Crippen LogP contribution >= 0.6 is 49.7 Å². The van der Waals surface area contributed by atoms with Crippen LogP contribution in [0.5, 0.6) is 0 Å². The van der Waals surface area contributed by atoms with Crippen molar-refractivity contribution in [2.45, 2.75) is 44.9 Å². The van der Waals surface area contributed by atoms with E-state index in [0.717, 1.165) is 46.7 Å². The van der Waals surface area contributed by atoms with Gasteiger partial charge in [0.05, 0.1) is 0 Å². The number of thiocarbonyl (C=S) groups is 2. The molecule has 3 N–H and O–H groups in total. The molecule has 2 aliphatic rings. The van der Waals surface area contributed by atoms with E-state index in [0.29, 0.717) is 0 Å². The Morgan fingerprint density at radius 3 is 1.36 bits per heavy atom. The lowest BCUT2D eigenvalue weighted by molar-refractivity contribution is 0.232. The average Bonchev–Trinajstić information content (AvgIpc) is 2.48. The molecule has 0 aromatic heterocycles. The maximum Gasteiger partial charge on any atom is 0.133 e. The van der Waals surface area contributed by atoms with E-state index in [9.17, 15) is 0 Å². The van der Waals surface area contributed by atoms with Crippen LogP contribution < -0.4 is 6.15 Å². The smallest absolute Gasteiger partial charge is 0.133 e. The minimum atomic E-state index is 0. The minimum absolute atomic E-state index is 0. The largest absolute Gasteiger partial charge is 0.358 e. The van der Waals surface area contributed by atoms with Gasteiger partial charge < -0.3 is 16.0 Å². The van der Waals surface area contributed by atoms with E-state index >= 15 is 0 Å². The number of nitrogens with zero attached hydrogens (tertiary/aromatic N) is 2. The summed E-state index contributed by atoms with van der Waals surface area (Å²) in [5.74, 6) is 1.79. The Bertz CT molecular complexity index is 328. The fraction of sp³-hybridized carbons (Fsp3) is 0.867. The Morgan fingerprint density at radius 2 is 1.09 bits per heavy atom. The standard InChI is InChI=1S/C15H26N2S4.H3N/c18-14(19)16-8-4-12(5-9-16)2-1-3-13-6-10-17(11-7-13)15(20)21;/h12-13H,1-11H2,(H,18,19)(H,20,21);1H3. The van der Waals surface area contributed by atoms with Crippen molar-refractivity contribution in [2.24, 2.45) is 11.8 Å². The van der Waals surface area contributed by atoms with E-state index in [1.165, 1.54) is 44.9 Å². The molecule has 2 fully saturated rings. The van der Waals surface area contributed by atoms with Gasteiger partial charge in [0.25, 0.3) is 0 Å². The lowest BCUT2D eigenvalue weighted by atomic mass is 9.87. The van der Waals surface area contributed by atoms with Gasteiger partial charge in [0, 0.05) is 26.2 Å². The number of likely N-dealkylation sites (tertiary alicyclic amines) is 2. The normalized spacial score (nSPS) is 20.6. The number of rotatable bonds is 4. The molecule has 128 valence electrons. The first-order valence-electron chi connectivity index (χ1n) is 8.02. The molecule has 0 bridgehead atoms. The van der Waals surface area contributed by atoms with E-state index in [-0.39, 0.29) is 6.15 Å². The molecule has 2 rings (SSSR count). The van der Waals surface area contributed by atoms with Gasteiger partial charge in [-0.2, -0.15) is 0 Å². The van der Waals surface area contributed by atoms with Gasteiger partial charge in [-0.1, -0.05) is 43.7 Å². The predicted octanol–water partition coefficient (Wildman–Crippen LogP) is 4.17. The molecule has 22 heavy (non-hydrogen) atoms. The second-order valence-electron chi connectivity index (χ2n) is 6.36. The fourth-order valence-electron chi connectivity index (χ4n) is 3.52. The van der Waals surface area contributed by atoms with Crippen molar-refractivity contribution in [3.8, 4) is 0 Å². The van der Waals surface area contributed by atoms with Crippen LogP contribution in [0.25, 0.3) is 0 Å². The summed E-state index contributed by atoms with van der Waals surface area (Å²) >= 11 is 18.8. The van der Waals surface area contributed by atoms with Gasteiger partial charge in [0.15, 0.2) is 0 Å². The van der Waals surface area contributed by atoms with Crippen molar-refractivity contribution in [2.75, 3.05) is 26.2 Å². The van der Waals surface area contributed by atoms with Gasteiger partial charge in [-0.3, -0.25) is 0 Å². The first kappa shape index (κ1) is 20.5. The van der Waals surface area contributed by atoms with E-state index < -0.39 is 0 Å². The SMILES string of the molecule is N.S=C(S)N1CCC(CCCC2CCN(C(=S)S)CC2)CC1. The minimum Gasteiger partial charge on any atom is -0.358 e. The number of hydrogen-bond acceptors (Lipinski definition) is 3. The molecule has 0 spiro atoms. The Hall–Kier alpha value is 0.440. The van der Waals surface area contributed by atoms with E-state index in [2.05, 4.69) is 35.1 Å². The molecule has 0 aliphatic carbocycles. The van der Waals surface area contributed by atoms with Gasteiger partial charge in [-0.05, 0) is 37.5 Å². The zero-order valence-corrected chi connectivity index (χ0v) is 16.7. The highest BCUT2D eigenvalue weighted by molar-refractivity contribution is 8.11. The molecule has 2 aliphatic heterocycles. The quantitative estimate of drug-likeness (QED) is 0.505. The summed E-state index contributed by atoms with van der Waals surface area (Å²) in [6.45, 7) is 4.41. The van der Waals surface area contributed by atoms with E-state index in [4.69, 9.17) is 24.4 Å². The van der Waals surface area contributed by atoms with Crippen molar-refractivity contribution >= 4 is 58.3 Å². The molecule has 2 saturated heterocycles. The molecule has 0 saturated carbocycles. The van der Waals surface area contributed by atoms with Crippen LogP contribution in [0.1, 0.15) is 44.9 Å². The fourth-order valence-corrected chi connectivity index (χ4v) is 4.29. The van der Waals surface area contributed by atoms with Crippen molar-refractivity contribution in [1.29, 1.82) is 0 Å². The zero-order chi connectivity index (χ0) is 15.2. The maximum atomic E-state index is 5.13. The maximum absolute atomic E-state index is 5.13. The Labute approximate surface area is 157 Å². The summed E-state index contributed by atoms with van der Waals surface area (Å²) < 4.78 is 1.53. The van der Waals surface area contributed by atoms with Crippen LogP contribution in [-0.4, -0.2) is 44.6 Å². The first-order chi connectivity index (χ1) is 10.1. The van der Waals surface area contributed by atoms with Crippen LogP contribution in [0.3, 0.4) is 0 Å². The third-order valence-corrected chi connectivity index (χ3v) is 6.08. The molecule has 2 heterocycles. The lowest BCUT2D eigenvalue weighted by Gasteiger charge is -2.34. The Morgan fingerprint density at radius 1 is 0.773 bits per heavy atom. The zero-order valence-electron chi connectivity index (χ0n) is 13.2. The second-order valence-corrected chi connectivity index (χ2v) is 8.58. The highest BCUT2D eigenvalue weighted by Crippen LogP contribution is 2.27. The summed E-state index contributed by atoms with van der Waals surface area (Å²) in [6.07, 6.45) is 9.29. The van der Waals surface area contributed by atoms with Crippen LogP contribution in [0.2, 0.25) is 0 Å². The third-order valence-electron chi connectivity index (χ3n) is 4.99. The highest BCUT2D eigenvalue weighted by atomic mass is 32.1. The number of hydrogen-bond donors (Lipinski definition) is 3. The summed E-state index contributed by atoms with van der Waals surface area (Å²) in [5, 5.41) is 0. The summed E-state index contributed by atoms with van der Waals surface area (Å²) in [5.41, 5.74) is 0. The van der Waals surface area contributed by atoms with Crippen molar-refractivity contribution in [3.05, 3.63) is 0 Å². The van der Waals surface area contributed by atoms with Crippen LogP contribution in [0, 0.1) is 11.8 Å². The topological polar surface area (TPSA) is 41.5 Å². The highest BCUT2D eigenvalue weighted by Gasteiger charge is 2.22. The van der Waals surface area contributed by atoms with Gasteiger partial charge >= 0.3 is 0 Å². The molecule has 0 aromatic carbocycles. The van der Waals surface area contributed by atoms with Crippen molar-refractivity contribution in [1.82, 2.24) is 16.0 Å². The monoisotopic (exact) mass is 379 g/mol. The lowest BCUT2D eigenvalue weighted by Crippen LogP contribution is -2.36. The number of thiol groups is 2. The molecule has 3 nitrogen and oxygen atoms in total. The molecule has 0 unspecified atom stereocenters. The van der Waals surface area contributed by atoms with Gasteiger partial charge in [-0.15, -0.1) is 25.3 Å². The summed E-state index contributed by atoms with van der Waals surface area (Å²) in [7, 11) is 0. The van der Waals surface area contributed by atoms with Crippen LogP contribution in [-0.2, 0) is 0 Å². The molecule has 0 atom stereocenters. The molecule has 0 radical (unpaired) electrons. The Kier molecular flexibility index (Phi) is 9.62. The van der Waals surface area contributed by atoms with Crippen molar-refractivity contribution in [3.63, 3.8) is 0 Å². The first-order valence-corrected chi connectivity index (χ1v) is 9.73. The Balaban J connectivity index is 0.00000242. The molecule has 7 heteroatoms. The summed E-state index contributed by atoms with van der Waals surface area (Å²) in [4.78, 5) is 4.45. The molecular weight excluding hydrogens is 350 g/mol.